The van der Waals surface area contributed by atoms with Crippen LogP contribution in [0.25, 0.3) is 5.57 Å². The lowest BCUT2D eigenvalue weighted by Gasteiger charge is -2.43. The van der Waals surface area contributed by atoms with Crippen molar-refractivity contribution >= 4 is 5.57 Å². The van der Waals surface area contributed by atoms with Crippen LogP contribution >= 0.6 is 0 Å². The van der Waals surface area contributed by atoms with Gasteiger partial charge in [0.1, 0.15) is 0 Å². The first kappa shape index (κ1) is 22.6. The standard InChI is InChI=1S/C32H41N/c1-22-11-7-8-12-25(22)24-13-14-29(33-21-24)32(15-9-10-16-32)26-20-28-27(19-23(26)2)30(3,4)17-18-31(28,5)6/h12-14,19-21H,1,7-11,15-18H2,2-6H3. The van der Waals surface area contributed by atoms with Gasteiger partial charge in [-0.15, -0.1) is 0 Å². The third kappa shape index (κ3) is 3.72. The molecule has 0 amide bonds. The van der Waals surface area contributed by atoms with Gasteiger partial charge in [-0.3, -0.25) is 4.98 Å². The van der Waals surface area contributed by atoms with E-state index in [0.717, 1.165) is 12.8 Å². The molecule has 33 heavy (non-hydrogen) atoms. The summed E-state index contributed by atoms with van der Waals surface area (Å²) in [4.78, 5) is 5.16. The molecule has 3 aliphatic rings. The number of hydrogen-bond donors (Lipinski definition) is 0. The average Bonchev–Trinajstić information content (AvgIpc) is 3.28. The molecule has 1 aromatic heterocycles. The van der Waals surface area contributed by atoms with E-state index in [9.17, 15) is 0 Å². The van der Waals surface area contributed by atoms with Crippen LogP contribution in [-0.4, -0.2) is 4.98 Å². The van der Waals surface area contributed by atoms with Crippen molar-refractivity contribution in [1.29, 1.82) is 0 Å². The first-order chi connectivity index (χ1) is 15.6. The fourth-order valence-corrected chi connectivity index (χ4v) is 6.88. The Morgan fingerprint density at radius 2 is 1.48 bits per heavy atom. The Hall–Kier alpha value is -2.15. The van der Waals surface area contributed by atoms with Crippen molar-refractivity contribution in [1.82, 2.24) is 4.98 Å². The summed E-state index contributed by atoms with van der Waals surface area (Å²) in [6.07, 6.45) is 15.5. The van der Waals surface area contributed by atoms with Crippen LogP contribution < -0.4 is 0 Å². The van der Waals surface area contributed by atoms with E-state index in [4.69, 9.17) is 4.98 Å². The van der Waals surface area contributed by atoms with E-state index in [2.05, 4.69) is 77.7 Å². The maximum Gasteiger partial charge on any atom is 0.0509 e. The number of hydrogen-bond acceptors (Lipinski definition) is 1. The second-order valence-corrected chi connectivity index (χ2v) is 12.3. The molecule has 1 saturated carbocycles. The van der Waals surface area contributed by atoms with Crippen LogP contribution in [0.4, 0.5) is 0 Å². The van der Waals surface area contributed by atoms with Gasteiger partial charge in [-0.1, -0.05) is 71.4 Å². The number of allylic oxidation sites excluding steroid dienone is 3. The minimum Gasteiger partial charge on any atom is -0.260 e. The molecule has 0 aliphatic heterocycles. The van der Waals surface area contributed by atoms with Gasteiger partial charge in [0.2, 0.25) is 0 Å². The van der Waals surface area contributed by atoms with Crippen LogP contribution in [0, 0.1) is 6.92 Å². The number of benzene rings is 1. The van der Waals surface area contributed by atoms with Crippen LogP contribution in [0.2, 0.25) is 0 Å². The Morgan fingerprint density at radius 3 is 2.09 bits per heavy atom. The van der Waals surface area contributed by atoms with Gasteiger partial charge >= 0.3 is 0 Å². The minimum atomic E-state index is 0.0489. The molecule has 1 nitrogen and oxygen atoms in total. The summed E-state index contributed by atoms with van der Waals surface area (Å²) < 4.78 is 0. The molecule has 1 heteroatoms. The summed E-state index contributed by atoms with van der Waals surface area (Å²) in [6.45, 7) is 16.4. The van der Waals surface area contributed by atoms with Crippen LogP contribution in [0.15, 0.2) is 48.7 Å². The van der Waals surface area contributed by atoms with Gasteiger partial charge in [0.05, 0.1) is 5.69 Å². The van der Waals surface area contributed by atoms with Gasteiger partial charge in [-0.25, -0.2) is 0 Å². The normalized spacial score (nSPS) is 23.2. The number of aryl methyl sites for hydroxylation is 1. The van der Waals surface area contributed by atoms with Crippen LogP contribution in [0.5, 0.6) is 0 Å². The Labute approximate surface area is 201 Å². The van der Waals surface area contributed by atoms with Crippen molar-refractivity contribution in [2.45, 2.75) is 109 Å². The lowest BCUT2D eigenvalue weighted by atomic mass is 9.61. The monoisotopic (exact) mass is 439 g/mol. The average molecular weight is 440 g/mol. The highest BCUT2D eigenvalue weighted by molar-refractivity contribution is 5.78. The van der Waals surface area contributed by atoms with E-state index < -0.39 is 0 Å². The Morgan fingerprint density at radius 1 is 0.818 bits per heavy atom. The van der Waals surface area contributed by atoms with E-state index >= 15 is 0 Å². The van der Waals surface area contributed by atoms with E-state index in [1.165, 1.54) is 78.5 Å². The van der Waals surface area contributed by atoms with Crippen molar-refractivity contribution in [2.24, 2.45) is 0 Å². The van der Waals surface area contributed by atoms with Crippen LogP contribution in [0.3, 0.4) is 0 Å². The first-order valence-corrected chi connectivity index (χ1v) is 13.2. The minimum absolute atomic E-state index is 0.0489. The van der Waals surface area contributed by atoms with E-state index in [-0.39, 0.29) is 16.2 Å². The smallest absolute Gasteiger partial charge is 0.0509 e. The zero-order valence-corrected chi connectivity index (χ0v) is 21.5. The molecule has 2 aromatic rings. The Kier molecular flexibility index (Phi) is 5.46. The van der Waals surface area contributed by atoms with Gasteiger partial charge in [-0.05, 0) is 108 Å². The summed E-state index contributed by atoms with van der Waals surface area (Å²) in [5, 5.41) is 0. The first-order valence-electron chi connectivity index (χ1n) is 13.2. The zero-order chi connectivity index (χ0) is 23.4. The predicted molar refractivity (Wildman–Crippen MR) is 141 cm³/mol. The number of aromatic nitrogens is 1. The second kappa shape index (κ2) is 7.97. The van der Waals surface area contributed by atoms with Gasteiger partial charge in [-0.2, -0.15) is 0 Å². The van der Waals surface area contributed by atoms with Crippen molar-refractivity contribution < 1.29 is 0 Å². The van der Waals surface area contributed by atoms with Crippen LogP contribution in [0.1, 0.15) is 119 Å². The van der Waals surface area contributed by atoms with Crippen molar-refractivity contribution in [2.75, 3.05) is 0 Å². The topological polar surface area (TPSA) is 12.9 Å². The third-order valence-electron chi connectivity index (χ3n) is 9.15. The number of fused-ring (bicyclic) bond motifs is 1. The lowest BCUT2D eigenvalue weighted by Crippen LogP contribution is -2.35. The van der Waals surface area contributed by atoms with Crippen molar-refractivity contribution in [3.8, 4) is 0 Å². The van der Waals surface area contributed by atoms with E-state index in [0.29, 0.717) is 0 Å². The van der Waals surface area contributed by atoms with Crippen LogP contribution in [-0.2, 0) is 16.2 Å². The molecule has 1 fully saturated rings. The maximum absolute atomic E-state index is 5.16. The predicted octanol–water partition coefficient (Wildman–Crippen LogP) is 8.72. The molecule has 0 N–H and O–H groups in total. The van der Waals surface area contributed by atoms with Gasteiger partial charge in [0.25, 0.3) is 0 Å². The molecule has 0 radical (unpaired) electrons. The Bertz CT molecular complexity index is 1100. The SMILES string of the molecule is C=C1CCCC=C1c1ccc(C2(c3cc4c(cc3C)C(C)(C)CCC4(C)C)CCCC2)nc1. The molecule has 0 atom stereocenters. The van der Waals surface area contributed by atoms with Crippen molar-refractivity contribution in [3.63, 3.8) is 0 Å². The highest BCUT2D eigenvalue weighted by Crippen LogP contribution is 2.52. The second-order valence-electron chi connectivity index (χ2n) is 12.3. The molecular formula is C32H41N. The lowest BCUT2D eigenvalue weighted by molar-refractivity contribution is 0.330. The highest BCUT2D eigenvalue weighted by atomic mass is 14.7. The molecule has 0 bridgehead atoms. The third-order valence-corrected chi connectivity index (χ3v) is 9.15. The fourth-order valence-electron chi connectivity index (χ4n) is 6.88. The summed E-state index contributed by atoms with van der Waals surface area (Å²) >= 11 is 0. The molecule has 0 saturated heterocycles. The molecule has 5 rings (SSSR count). The summed E-state index contributed by atoms with van der Waals surface area (Å²) in [5.41, 5.74) is 11.8. The molecular weight excluding hydrogens is 398 g/mol. The molecule has 3 aliphatic carbocycles. The molecule has 174 valence electrons. The number of nitrogens with zero attached hydrogens (tertiary/aromatic N) is 1. The van der Waals surface area contributed by atoms with E-state index in [1.54, 1.807) is 11.1 Å². The highest BCUT2D eigenvalue weighted by Gasteiger charge is 2.43. The summed E-state index contributed by atoms with van der Waals surface area (Å²) in [5.74, 6) is 0. The Balaban J connectivity index is 1.61. The van der Waals surface area contributed by atoms with Gasteiger partial charge in [0.15, 0.2) is 0 Å². The van der Waals surface area contributed by atoms with E-state index in [1.807, 2.05) is 0 Å². The number of rotatable bonds is 3. The molecule has 0 spiro atoms. The molecule has 1 aromatic carbocycles. The van der Waals surface area contributed by atoms with Crippen molar-refractivity contribution in [3.05, 3.63) is 82.2 Å². The molecule has 1 heterocycles. The zero-order valence-electron chi connectivity index (χ0n) is 21.5. The maximum atomic E-state index is 5.16. The summed E-state index contributed by atoms with van der Waals surface area (Å²) in [7, 11) is 0. The van der Waals surface area contributed by atoms with Gasteiger partial charge in [0, 0.05) is 11.6 Å². The van der Waals surface area contributed by atoms with Gasteiger partial charge < -0.3 is 0 Å². The summed E-state index contributed by atoms with van der Waals surface area (Å²) in [6, 6.07) is 9.79. The largest absolute Gasteiger partial charge is 0.260 e. The molecule has 0 unspecified atom stereocenters. The fraction of sp³-hybridized carbons (Fsp3) is 0.531. The number of pyridine rings is 1. The quantitative estimate of drug-likeness (QED) is 0.466.